The van der Waals surface area contributed by atoms with Crippen molar-refractivity contribution in [3.63, 3.8) is 0 Å². The van der Waals surface area contributed by atoms with Crippen LogP contribution in [0, 0.1) is 12.8 Å². The second kappa shape index (κ2) is 9.54. The van der Waals surface area contributed by atoms with Gasteiger partial charge in [-0.25, -0.2) is 14.5 Å². The molecule has 178 valence electrons. The molecule has 0 amide bonds. The van der Waals surface area contributed by atoms with E-state index in [4.69, 9.17) is 15.5 Å². The number of aryl methyl sites for hydroxylation is 1. The van der Waals surface area contributed by atoms with Gasteiger partial charge in [-0.1, -0.05) is 18.2 Å². The zero-order chi connectivity index (χ0) is 23.7. The number of ether oxygens (including phenoxy) is 1. The van der Waals surface area contributed by atoms with Crippen LogP contribution < -0.4 is 5.73 Å². The van der Waals surface area contributed by atoms with Crippen LogP contribution in [0.15, 0.2) is 30.6 Å². The predicted octanol–water partition coefficient (Wildman–Crippen LogP) is 4.82. The van der Waals surface area contributed by atoms with Gasteiger partial charge >= 0.3 is 0 Å². The van der Waals surface area contributed by atoms with Gasteiger partial charge in [0.1, 0.15) is 29.1 Å². The number of hydrogen-bond acceptors (Lipinski definition) is 6. The molecule has 1 fully saturated rings. The quantitative estimate of drug-likeness (QED) is 0.365. The lowest BCUT2D eigenvalue weighted by atomic mass is 9.79. The number of anilines is 1. The third kappa shape index (κ3) is 4.18. The Morgan fingerprint density at radius 3 is 2.85 bits per heavy atom. The van der Waals surface area contributed by atoms with E-state index in [-0.39, 0.29) is 11.8 Å². The number of H-pyrrole nitrogens is 1. The molecule has 8 heteroatoms. The molecule has 3 heterocycles. The number of aromatic amines is 1. The van der Waals surface area contributed by atoms with Crippen molar-refractivity contribution in [3.8, 4) is 11.4 Å². The predicted molar refractivity (Wildman–Crippen MR) is 133 cm³/mol. The number of nitrogens with one attached hydrogen (secondary N) is 1. The van der Waals surface area contributed by atoms with Crippen molar-refractivity contribution in [2.75, 3.05) is 18.9 Å². The number of ketones is 1. The number of hydrogen-bond donors (Lipinski definition) is 2. The highest BCUT2D eigenvalue weighted by molar-refractivity contribution is 5.92. The Balaban J connectivity index is 1.40. The highest BCUT2D eigenvalue weighted by Crippen LogP contribution is 2.39. The molecular formula is C26H32N6O2. The van der Waals surface area contributed by atoms with Gasteiger partial charge in [0.2, 0.25) is 0 Å². The van der Waals surface area contributed by atoms with Crippen molar-refractivity contribution >= 4 is 28.0 Å². The van der Waals surface area contributed by atoms with Crippen LogP contribution in [0.4, 0.5) is 5.82 Å². The Bertz CT molecular complexity index is 1320. The summed E-state index contributed by atoms with van der Waals surface area (Å²) in [4.78, 5) is 25.5. The molecule has 0 aliphatic heterocycles. The van der Waals surface area contributed by atoms with E-state index in [1.165, 1.54) is 11.9 Å². The van der Waals surface area contributed by atoms with Gasteiger partial charge in [-0.2, -0.15) is 5.10 Å². The van der Waals surface area contributed by atoms with E-state index in [1.807, 2.05) is 11.4 Å². The van der Waals surface area contributed by atoms with E-state index >= 15 is 0 Å². The zero-order valence-corrected chi connectivity index (χ0v) is 19.9. The number of rotatable bonds is 8. The number of nitrogens with two attached hydrogens (primary N) is 1. The minimum Gasteiger partial charge on any atom is -0.382 e. The normalized spacial score (nSPS) is 18.6. The molecule has 1 aromatic carbocycles. The summed E-state index contributed by atoms with van der Waals surface area (Å²) in [5, 5.41) is 5.65. The standard InChI is InChI=1S/C26H32N6O2/c1-3-34-13-5-8-21(33)17-9-11-18(12-10-17)26-31-23(24-25(27)28-15-29-32(24)26)20-14-19-7-4-6-16(2)22(19)30-20/h4,6-7,14-15,17-18,30H,3,5,8-13H2,1-2H3,(H2,27,28,29). The summed E-state index contributed by atoms with van der Waals surface area (Å²) in [6.45, 7) is 5.43. The number of carbonyl (C=O) groups excluding carboxylic acids is 1. The first kappa shape index (κ1) is 22.5. The van der Waals surface area contributed by atoms with Crippen molar-refractivity contribution in [1.82, 2.24) is 24.6 Å². The van der Waals surface area contributed by atoms with Crippen molar-refractivity contribution in [2.45, 2.75) is 58.3 Å². The van der Waals surface area contributed by atoms with Crippen LogP contribution in [0.25, 0.3) is 27.8 Å². The molecule has 34 heavy (non-hydrogen) atoms. The Hall–Kier alpha value is -3.26. The van der Waals surface area contributed by atoms with Gasteiger partial charge in [0, 0.05) is 42.4 Å². The summed E-state index contributed by atoms with van der Waals surface area (Å²) in [7, 11) is 0. The number of nitrogens with zero attached hydrogens (tertiary/aromatic N) is 4. The number of carbonyl (C=O) groups is 1. The summed E-state index contributed by atoms with van der Waals surface area (Å²) in [5.41, 5.74) is 11.0. The van der Waals surface area contributed by atoms with Gasteiger partial charge in [-0.3, -0.25) is 4.79 Å². The Morgan fingerprint density at radius 1 is 1.26 bits per heavy atom. The largest absolute Gasteiger partial charge is 0.382 e. The number of imidazole rings is 1. The molecule has 0 bridgehead atoms. The maximum absolute atomic E-state index is 12.6. The summed E-state index contributed by atoms with van der Waals surface area (Å²) in [6, 6.07) is 8.35. The highest BCUT2D eigenvalue weighted by Gasteiger charge is 2.31. The van der Waals surface area contributed by atoms with Crippen LogP contribution in [0.1, 0.15) is 62.8 Å². The zero-order valence-electron chi connectivity index (χ0n) is 19.9. The van der Waals surface area contributed by atoms with E-state index in [2.05, 4.69) is 46.3 Å². The van der Waals surface area contributed by atoms with Gasteiger partial charge in [-0.05, 0) is 57.6 Å². The van der Waals surface area contributed by atoms with Gasteiger partial charge in [0.15, 0.2) is 5.82 Å². The number of para-hydroxylation sites is 1. The minimum atomic E-state index is 0.139. The Labute approximate surface area is 198 Å². The lowest BCUT2D eigenvalue weighted by Gasteiger charge is -2.26. The molecule has 0 atom stereocenters. The van der Waals surface area contributed by atoms with Gasteiger partial charge < -0.3 is 15.5 Å². The van der Waals surface area contributed by atoms with Crippen molar-refractivity contribution in [1.29, 1.82) is 0 Å². The number of benzene rings is 1. The number of nitrogen functional groups attached to an aromatic ring is 1. The SMILES string of the molecule is CCOCCCC(=O)C1CCC(c2nc(-c3cc4cccc(C)c4[nH]3)c3c(N)ncnn23)CC1. The molecule has 1 saturated carbocycles. The Morgan fingerprint density at radius 2 is 2.09 bits per heavy atom. The fourth-order valence-electron chi connectivity index (χ4n) is 5.24. The molecule has 5 rings (SSSR count). The molecule has 0 radical (unpaired) electrons. The van der Waals surface area contributed by atoms with Gasteiger partial charge in [0.05, 0.1) is 5.69 Å². The second-order valence-corrected chi connectivity index (χ2v) is 9.26. The molecular weight excluding hydrogens is 428 g/mol. The number of Topliss-reactive ketones (excluding diaryl/α,β-unsaturated/α-hetero) is 1. The minimum absolute atomic E-state index is 0.139. The molecule has 3 aromatic heterocycles. The van der Waals surface area contributed by atoms with Crippen LogP contribution in [-0.4, -0.2) is 43.6 Å². The molecule has 0 spiro atoms. The molecule has 3 N–H and O–H groups in total. The molecule has 1 aliphatic rings. The maximum atomic E-state index is 12.6. The lowest BCUT2D eigenvalue weighted by molar-refractivity contribution is -0.124. The first-order valence-corrected chi connectivity index (χ1v) is 12.2. The molecule has 0 unspecified atom stereocenters. The first-order chi connectivity index (χ1) is 16.6. The van der Waals surface area contributed by atoms with Gasteiger partial charge in [0.25, 0.3) is 0 Å². The van der Waals surface area contributed by atoms with Crippen molar-refractivity contribution < 1.29 is 9.53 Å². The average molecular weight is 461 g/mol. The maximum Gasteiger partial charge on any atom is 0.153 e. The topological polar surface area (TPSA) is 111 Å². The van der Waals surface area contributed by atoms with Crippen LogP contribution >= 0.6 is 0 Å². The smallest absolute Gasteiger partial charge is 0.153 e. The third-order valence-corrected chi connectivity index (χ3v) is 7.07. The molecule has 0 saturated heterocycles. The van der Waals surface area contributed by atoms with E-state index in [0.717, 1.165) is 65.7 Å². The lowest BCUT2D eigenvalue weighted by Crippen LogP contribution is -2.22. The molecule has 8 nitrogen and oxygen atoms in total. The first-order valence-electron chi connectivity index (χ1n) is 12.2. The fraction of sp³-hybridized carbons (Fsp3) is 0.462. The summed E-state index contributed by atoms with van der Waals surface area (Å²) in [6.07, 6.45) is 6.49. The number of aromatic nitrogens is 5. The van der Waals surface area contributed by atoms with Crippen LogP contribution in [0.5, 0.6) is 0 Å². The van der Waals surface area contributed by atoms with E-state index in [1.54, 1.807) is 0 Å². The van der Waals surface area contributed by atoms with Crippen LogP contribution in [0.3, 0.4) is 0 Å². The third-order valence-electron chi connectivity index (χ3n) is 7.07. The monoisotopic (exact) mass is 460 g/mol. The molecule has 1 aliphatic carbocycles. The van der Waals surface area contributed by atoms with Crippen LogP contribution in [0.2, 0.25) is 0 Å². The van der Waals surface area contributed by atoms with E-state index in [9.17, 15) is 4.79 Å². The van der Waals surface area contributed by atoms with Crippen molar-refractivity contribution in [3.05, 3.63) is 42.0 Å². The second-order valence-electron chi connectivity index (χ2n) is 9.26. The summed E-state index contributed by atoms with van der Waals surface area (Å²) < 4.78 is 7.23. The van der Waals surface area contributed by atoms with Crippen LogP contribution in [-0.2, 0) is 9.53 Å². The summed E-state index contributed by atoms with van der Waals surface area (Å²) >= 11 is 0. The number of fused-ring (bicyclic) bond motifs is 2. The van der Waals surface area contributed by atoms with E-state index < -0.39 is 0 Å². The summed E-state index contributed by atoms with van der Waals surface area (Å²) in [5.74, 6) is 2.05. The van der Waals surface area contributed by atoms with E-state index in [0.29, 0.717) is 31.2 Å². The van der Waals surface area contributed by atoms with Gasteiger partial charge in [-0.15, -0.1) is 0 Å². The molecule has 4 aromatic rings. The fourth-order valence-corrected chi connectivity index (χ4v) is 5.24. The average Bonchev–Trinajstić information content (AvgIpc) is 3.45. The Kier molecular flexibility index (Phi) is 6.32. The highest BCUT2D eigenvalue weighted by atomic mass is 16.5. The van der Waals surface area contributed by atoms with Crippen molar-refractivity contribution in [2.24, 2.45) is 5.92 Å².